The number of nitrogens with one attached hydrogen (secondary N) is 2. The number of nitriles is 1. The largest absolute Gasteiger partial charge is 0.334 e. The zero-order valence-corrected chi connectivity index (χ0v) is 7.53. The highest BCUT2D eigenvalue weighted by atomic mass is 16.2. The molecule has 0 saturated carbocycles. The number of carbonyl (C=O) groups is 1. The van der Waals surface area contributed by atoms with Gasteiger partial charge in [-0.15, -0.1) is 0 Å². The van der Waals surface area contributed by atoms with E-state index < -0.39 is 0 Å². The standard InChI is InChI=1S/C9H10N4O/c10-3-6-12-9(14)13-7-8-1-4-11-5-2-8/h1-2,4-5H,6-7H2,(H2,12,13,14). The van der Waals surface area contributed by atoms with E-state index in [4.69, 9.17) is 5.26 Å². The minimum atomic E-state index is -0.344. The van der Waals surface area contributed by atoms with Crippen LogP contribution in [0.15, 0.2) is 24.5 Å². The van der Waals surface area contributed by atoms with E-state index in [9.17, 15) is 4.79 Å². The predicted molar refractivity (Wildman–Crippen MR) is 50.1 cm³/mol. The van der Waals surface area contributed by atoms with Crippen molar-refractivity contribution in [1.29, 1.82) is 5.26 Å². The molecule has 0 aromatic carbocycles. The SMILES string of the molecule is N#CCNC(=O)NCc1ccncc1. The lowest BCUT2D eigenvalue weighted by molar-refractivity contribution is 0.241. The minimum absolute atomic E-state index is 0.0161. The van der Waals surface area contributed by atoms with E-state index in [1.165, 1.54) is 0 Å². The maximum absolute atomic E-state index is 11.0. The van der Waals surface area contributed by atoms with Crippen LogP contribution in [0.2, 0.25) is 0 Å². The van der Waals surface area contributed by atoms with Gasteiger partial charge in [0.05, 0.1) is 6.07 Å². The Kier molecular flexibility index (Phi) is 3.95. The molecule has 0 radical (unpaired) electrons. The molecule has 1 rings (SSSR count). The Hall–Kier alpha value is -2.09. The number of rotatable bonds is 3. The highest BCUT2D eigenvalue weighted by Crippen LogP contribution is 1.93. The summed E-state index contributed by atoms with van der Waals surface area (Å²) in [5, 5.41) is 13.2. The van der Waals surface area contributed by atoms with Gasteiger partial charge in [0.1, 0.15) is 6.54 Å². The van der Waals surface area contributed by atoms with E-state index in [1.54, 1.807) is 12.4 Å². The van der Waals surface area contributed by atoms with Crippen molar-refractivity contribution >= 4 is 6.03 Å². The Morgan fingerprint density at radius 3 is 2.79 bits per heavy atom. The monoisotopic (exact) mass is 190 g/mol. The quantitative estimate of drug-likeness (QED) is 0.677. The average Bonchev–Trinajstić information content (AvgIpc) is 2.25. The summed E-state index contributed by atoms with van der Waals surface area (Å²) in [6, 6.07) is 5.09. The van der Waals surface area contributed by atoms with Gasteiger partial charge in [0, 0.05) is 18.9 Å². The first-order chi connectivity index (χ1) is 6.83. The second kappa shape index (κ2) is 5.54. The van der Waals surface area contributed by atoms with E-state index in [1.807, 2.05) is 18.2 Å². The molecule has 0 saturated heterocycles. The van der Waals surface area contributed by atoms with Crippen LogP contribution in [0, 0.1) is 11.3 Å². The predicted octanol–water partition coefficient (Wildman–Crippen LogP) is 0.404. The number of urea groups is 1. The molecule has 5 nitrogen and oxygen atoms in total. The molecule has 0 unspecified atom stereocenters. The lowest BCUT2D eigenvalue weighted by Gasteiger charge is -2.04. The lowest BCUT2D eigenvalue weighted by Crippen LogP contribution is -2.35. The van der Waals surface area contributed by atoms with Gasteiger partial charge in [-0.3, -0.25) is 4.98 Å². The highest BCUT2D eigenvalue weighted by Gasteiger charge is 1.97. The first-order valence-corrected chi connectivity index (χ1v) is 4.10. The summed E-state index contributed by atoms with van der Waals surface area (Å²) >= 11 is 0. The summed E-state index contributed by atoms with van der Waals surface area (Å²) < 4.78 is 0. The second-order valence-corrected chi connectivity index (χ2v) is 2.55. The van der Waals surface area contributed by atoms with Crippen molar-refractivity contribution in [2.75, 3.05) is 6.54 Å². The van der Waals surface area contributed by atoms with Gasteiger partial charge in [-0.25, -0.2) is 4.79 Å². The van der Waals surface area contributed by atoms with Gasteiger partial charge in [0.25, 0.3) is 0 Å². The third-order valence-electron chi connectivity index (χ3n) is 1.53. The molecule has 0 aliphatic carbocycles. The van der Waals surface area contributed by atoms with E-state index in [0.717, 1.165) is 5.56 Å². The molecule has 72 valence electrons. The lowest BCUT2D eigenvalue weighted by atomic mass is 10.3. The zero-order valence-electron chi connectivity index (χ0n) is 7.53. The van der Waals surface area contributed by atoms with Crippen LogP contribution in [0.1, 0.15) is 5.56 Å². The molecule has 0 atom stereocenters. The van der Waals surface area contributed by atoms with Crippen LogP contribution >= 0.6 is 0 Å². The summed E-state index contributed by atoms with van der Waals surface area (Å²) in [4.78, 5) is 14.8. The molecule has 2 N–H and O–H groups in total. The highest BCUT2D eigenvalue weighted by molar-refractivity contribution is 5.73. The van der Waals surface area contributed by atoms with Crippen LogP contribution in [-0.4, -0.2) is 17.6 Å². The number of pyridine rings is 1. The van der Waals surface area contributed by atoms with Gasteiger partial charge in [-0.05, 0) is 17.7 Å². The fraction of sp³-hybridized carbons (Fsp3) is 0.222. The summed E-state index contributed by atoms with van der Waals surface area (Å²) in [7, 11) is 0. The Morgan fingerprint density at radius 1 is 1.43 bits per heavy atom. The molecule has 0 aliphatic heterocycles. The molecular formula is C9H10N4O. The molecule has 0 fully saturated rings. The Labute approximate surface area is 81.8 Å². The Balaban J connectivity index is 2.28. The molecule has 2 amide bonds. The first kappa shape index (κ1) is 9.99. The number of aromatic nitrogens is 1. The van der Waals surface area contributed by atoms with Crippen molar-refractivity contribution in [3.05, 3.63) is 30.1 Å². The van der Waals surface area contributed by atoms with E-state index in [2.05, 4.69) is 15.6 Å². The summed E-state index contributed by atoms with van der Waals surface area (Å²) in [6.45, 7) is 0.446. The normalized spacial score (nSPS) is 8.79. The molecule has 0 spiro atoms. The average molecular weight is 190 g/mol. The zero-order chi connectivity index (χ0) is 10.2. The Morgan fingerprint density at radius 2 is 2.14 bits per heavy atom. The first-order valence-electron chi connectivity index (χ1n) is 4.10. The maximum atomic E-state index is 11.0. The van der Waals surface area contributed by atoms with Crippen LogP contribution in [-0.2, 0) is 6.54 Å². The Bertz CT molecular complexity index is 330. The van der Waals surface area contributed by atoms with Crippen molar-refractivity contribution < 1.29 is 4.79 Å². The summed E-state index contributed by atoms with van der Waals surface area (Å²) in [5.41, 5.74) is 0.965. The second-order valence-electron chi connectivity index (χ2n) is 2.55. The number of hydrogen-bond donors (Lipinski definition) is 2. The minimum Gasteiger partial charge on any atom is -0.334 e. The van der Waals surface area contributed by atoms with Crippen molar-refractivity contribution in [3.8, 4) is 6.07 Å². The van der Waals surface area contributed by atoms with Crippen LogP contribution in [0.5, 0.6) is 0 Å². The number of amides is 2. The van der Waals surface area contributed by atoms with Crippen molar-refractivity contribution in [2.45, 2.75) is 6.54 Å². The molecule has 1 aromatic heterocycles. The van der Waals surface area contributed by atoms with E-state index in [-0.39, 0.29) is 12.6 Å². The van der Waals surface area contributed by atoms with Gasteiger partial charge in [0.15, 0.2) is 0 Å². The molecule has 0 aliphatic rings. The van der Waals surface area contributed by atoms with Gasteiger partial charge in [0.2, 0.25) is 0 Å². The van der Waals surface area contributed by atoms with Crippen LogP contribution in [0.3, 0.4) is 0 Å². The van der Waals surface area contributed by atoms with Gasteiger partial charge in [-0.2, -0.15) is 5.26 Å². The maximum Gasteiger partial charge on any atom is 0.315 e. The van der Waals surface area contributed by atoms with Crippen molar-refractivity contribution in [1.82, 2.24) is 15.6 Å². The summed E-state index contributed by atoms with van der Waals surface area (Å²) in [5.74, 6) is 0. The van der Waals surface area contributed by atoms with Crippen molar-refractivity contribution in [2.24, 2.45) is 0 Å². The molecule has 0 bridgehead atoms. The van der Waals surface area contributed by atoms with Crippen LogP contribution in [0.4, 0.5) is 4.79 Å². The molecule has 1 aromatic rings. The van der Waals surface area contributed by atoms with Crippen LogP contribution < -0.4 is 10.6 Å². The van der Waals surface area contributed by atoms with Crippen molar-refractivity contribution in [3.63, 3.8) is 0 Å². The molecule has 1 heterocycles. The summed E-state index contributed by atoms with van der Waals surface area (Å²) in [6.07, 6.45) is 3.31. The number of nitrogens with zero attached hydrogens (tertiary/aromatic N) is 2. The van der Waals surface area contributed by atoms with Crippen LogP contribution in [0.25, 0.3) is 0 Å². The fourth-order valence-corrected chi connectivity index (χ4v) is 0.865. The molecule has 5 heteroatoms. The molecular weight excluding hydrogens is 180 g/mol. The number of hydrogen-bond acceptors (Lipinski definition) is 3. The van der Waals surface area contributed by atoms with E-state index in [0.29, 0.717) is 6.54 Å². The third kappa shape index (κ3) is 3.54. The van der Waals surface area contributed by atoms with Gasteiger partial charge in [-0.1, -0.05) is 0 Å². The molecule has 14 heavy (non-hydrogen) atoms. The van der Waals surface area contributed by atoms with E-state index >= 15 is 0 Å². The topological polar surface area (TPSA) is 77.8 Å². The smallest absolute Gasteiger partial charge is 0.315 e. The van der Waals surface area contributed by atoms with Gasteiger partial charge >= 0.3 is 6.03 Å². The number of carbonyl (C=O) groups excluding carboxylic acids is 1. The third-order valence-corrected chi connectivity index (χ3v) is 1.53. The fourth-order valence-electron chi connectivity index (χ4n) is 0.865. The van der Waals surface area contributed by atoms with Gasteiger partial charge < -0.3 is 10.6 Å².